The number of sulfonamides is 1. The third kappa shape index (κ3) is 2.42. The topological polar surface area (TPSA) is 54.5 Å². The minimum absolute atomic E-state index is 0.152. The molecule has 1 heterocycles. The number of hydrogen-bond donors (Lipinski definition) is 0. The average molecular weight is 279 g/mol. The number of nitrogens with zero attached hydrogens (tertiary/aromatic N) is 1. The summed E-state index contributed by atoms with van der Waals surface area (Å²) in [6.45, 7) is 7.42. The van der Waals surface area contributed by atoms with E-state index in [1.54, 1.807) is 19.1 Å². The van der Waals surface area contributed by atoms with Crippen LogP contribution in [0.3, 0.4) is 0 Å². The fraction of sp³-hybridized carbons (Fsp3) is 0.357. The third-order valence-corrected chi connectivity index (χ3v) is 5.15. The van der Waals surface area contributed by atoms with Crippen molar-refractivity contribution in [2.75, 3.05) is 0 Å². The molecule has 0 saturated carbocycles. The molecule has 1 atom stereocenters. The fourth-order valence-corrected chi connectivity index (χ4v) is 3.92. The number of hydrogen-bond acceptors (Lipinski definition) is 3. The van der Waals surface area contributed by atoms with Gasteiger partial charge in [-0.2, -0.15) is 0 Å². The molecule has 0 aromatic heterocycles. The molecule has 2 rings (SSSR count). The van der Waals surface area contributed by atoms with Crippen LogP contribution < -0.4 is 0 Å². The Morgan fingerprint density at radius 3 is 2.42 bits per heavy atom. The van der Waals surface area contributed by atoms with Gasteiger partial charge in [0.1, 0.15) is 0 Å². The molecule has 19 heavy (non-hydrogen) atoms. The maximum absolute atomic E-state index is 12.5. The predicted octanol–water partition coefficient (Wildman–Crippen LogP) is 2.25. The molecule has 1 fully saturated rings. The standard InChI is InChI=1S/C14H17NO3S/c1-10(2)13-8-9-14(16)15(13)19(17,18)12-6-4-11(3)5-7-12/h4-7,13H,1,8-9H2,2-3H3. The highest BCUT2D eigenvalue weighted by atomic mass is 32.2. The maximum Gasteiger partial charge on any atom is 0.267 e. The van der Waals surface area contributed by atoms with Crippen molar-refractivity contribution in [3.05, 3.63) is 42.0 Å². The highest BCUT2D eigenvalue weighted by Crippen LogP contribution is 2.30. The first-order valence-corrected chi connectivity index (χ1v) is 7.57. The third-order valence-electron chi connectivity index (χ3n) is 3.31. The first-order chi connectivity index (χ1) is 8.84. The van der Waals surface area contributed by atoms with Gasteiger partial charge in [-0.25, -0.2) is 12.7 Å². The molecule has 0 radical (unpaired) electrons. The molecule has 1 saturated heterocycles. The summed E-state index contributed by atoms with van der Waals surface area (Å²) < 4.78 is 26.1. The van der Waals surface area contributed by atoms with Crippen LogP contribution in [0.4, 0.5) is 0 Å². The van der Waals surface area contributed by atoms with E-state index >= 15 is 0 Å². The summed E-state index contributed by atoms with van der Waals surface area (Å²) in [5, 5.41) is 0. The van der Waals surface area contributed by atoms with Crippen molar-refractivity contribution in [3.63, 3.8) is 0 Å². The Balaban J connectivity index is 2.46. The van der Waals surface area contributed by atoms with Crippen molar-refractivity contribution in [3.8, 4) is 0 Å². The Hall–Kier alpha value is -1.62. The van der Waals surface area contributed by atoms with Crippen LogP contribution in [0.2, 0.25) is 0 Å². The van der Waals surface area contributed by atoms with Crippen molar-refractivity contribution in [1.82, 2.24) is 4.31 Å². The van der Waals surface area contributed by atoms with Gasteiger partial charge in [0.15, 0.2) is 0 Å². The highest BCUT2D eigenvalue weighted by Gasteiger charge is 2.40. The normalized spacial score (nSPS) is 19.8. The number of rotatable bonds is 3. The lowest BCUT2D eigenvalue weighted by atomic mass is 10.1. The SMILES string of the molecule is C=C(C)C1CCC(=O)N1S(=O)(=O)c1ccc(C)cc1. The second kappa shape index (κ2) is 4.81. The Morgan fingerprint density at radius 2 is 1.89 bits per heavy atom. The van der Waals surface area contributed by atoms with Gasteiger partial charge in [0, 0.05) is 6.42 Å². The Bertz CT molecular complexity index is 617. The lowest BCUT2D eigenvalue weighted by molar-refractivity contribution is -0.124. The molecule has 0 N–H and O–H groups in total. The molecule has 1 aliphatic heterocycles. The average Bonchev–Trinajstić information content (AvgIpc) is 2.72. The molecular weight excluding hydrogens is 262 g/mol. The van der Waals surface area contributed by atoms with E-state index in [0.717, 1.165) is 9.87 Å². The van der Waals surface area contributed by atoms with E-state index in [-0.39, 0.29) is 17.2 Å². The molecule has 0 bridgehead atoms. The number of carbonyl (C=O) groups excluding carboxylic acids is 1. The fourth-order valence-electron chi connectivity index (χ4n) is 2.23. The molecule has 1 aliphatic rings. The first-order valence-electron chi connectivity index (χ1n) is 6.13. The number of carbonyl (C=O) groups is 1. The van der Waals surface area contributed by atoms with Crippen molar-refractivity contribution in [2.45, 2.75) is 37.6 Å². The number of benzene rings is 1. The van der Waals surface area contributed by atoms with Gasteiger partial charge in [-0.05, 0) is 32.4 Å². The molecule has 1 aromatic rings. The Kier molecular flexibility index (Phi) is 3.49. The van der Waals surface area contributed by atoms with Crippen LogP contribution in [0.1, 0.15) is 25.3 Å². The van der Waals surface area contributed by atoms with Gasteiger partial charge in [-0.3, -0.25) is 4.79 Å². The Labute approximate surface area is 113 Å². The van der Waals surface area contributed by atoms with E-state index in [9.17, 15) is 13.2 Å². The highest BCUT2D eigenvalue weighted by molar-refractivity contribution is 7.89. The molecule has 1 aromatic carbocycles. The molecule has 1 amide bonds. The smallest absolute Gasteiger partial charge is 0.267 e. The summed E-state index contributed by atoms with van der Waals surface area (Å²) in [4.78, 5) is 12.0. The number of aryl methyl sites for hydroxylation is 1. The molecule has 5 heteroatoms. The van der Waals surface area contributed by atoms with Crippen LogP contribution in [0.25, 0.3) is 0 Å². The summed E-state index contributed by atoms with van der Waals surface area (Å²) >= 11 is 0. The lowest BCUT2D eigenvalue weighted by Gasteiger charge is -2.24. The van der Waals surface area contributed by atoms with Crippen molar-refractivity contribution < 1.29 is 13.2 Å². The predicted molar refractivity (Wildman–Crippen MR) is 73.0 cm³/mol. The minimum atomic E-state index is -3.78. The minimum Gasteiger partial charge on any atom is -0.274 e. The molecule has 102 valence electrons. The van der Waals surface area contributed by atoms with Crippen molar-refractivity contribution >= 4 is 15.9 Å². The van der Waals surface area contributed by atoms with Gasteiger partial charge in [0.25, 0.3) is 10.0 Å². The summed E-state index contributed by atoms with van der Waals surface area (Å²) in [7, 11) is -3.78. The van der Waals surface area contributed by atoms with E-state index < -0.39 is 16.1 Å². The Morgan fingerprint density at radius 1 is 1.32 bits per heavy atom. The number of amides is 1. The van der Waals surface area contributed by atoms with E-state index in [4.69, 9.17) is 0 Å². The van der Waals surface area contributed by atoms with Crippen LogP contribution in [0.15, 0.2) is 41.3 Å². The van der Waals surface area contributed by atoms with Gasteiger partial charge < -0.3 is 0 Å². The molecule has 4 nitrogen and oxygen atoms in total. The van der Waals surface area contributed by atoms with Crippen molar-refractivity contribution in [1.29, 1.82) is 0 Å². The molecular formula is C14H17NO3S. The van der Waals surface area contributed by atoms with Gasteiger partial charge in [0.2, 0.25) is 5.91 Å². The largest absolute Gasteiger partial charge is 0.274 e. The van der Waals surface area contributed by atoms with Crippen molar-refractivity contribution in [2.24, 2.45) is 0 Å². The summed E-state index contributed by atoms with van der Waals surface area (Å²) in [6, 6.07) is 6.10. The second-order valence-corrected chi connectivity index (χ2v) is 6.72. The second-order valence-electron chi connectivity index (χ2n) is 4.91. The van der Waals surface area contributed by atoms with E-state index in [2.05, 4.69) is 6.58 Å². The van der Waals surface area contributed by atoms with E-state index in [0.29, 0.717) is 12.0 Å². The lowest BCUT2D eigenvalue weighted by Crippen LogP contribution is -2.39. The van der Waals surface area contributed by atoms with Crippen LogP contribution in [0.5, 0.6) is 0 Å². The quantitative estimate of drug-likeness (QED) is 0.797. The molecule has 0 spiro atoms. The van der Waals surface area contributed by atoms with Gasteiger partial charge in [-0.1, -0.05) is 29.8 Å². The van der Waals surface area contributed by atoms with Crippen LogP contribution >= 0.6 is 0 Å². The summed E-state index contributed by atoms with van der Waals surface area (Å²) in [5.74, 6) is -0.353. The van der Waals surface area contributed by atoms with E-state index in [1.807, 2.05) is 6.92 Å². The van der Waals surface area contributed by atoms with Crippen LogP contribution in [-0.4, -0.2) is 24.7 Å². The molecule has 0 aliphatic carbocycles. The van der Waals surface area contributed by atoms with Crippen LogP contribution in [-0.2, 0) is 14.8 Å². The summed E-state index contributed by atoms with van der Waals surface area (Å²) in [6.07, 6.45) is 0.766. The first kappa shape index (κ1) is 13.8. The van der Waals surface area contributed by atoms with E-state index in [1.165, 1.54) is 12.1 Å². The zero-order chi connectivity index (χ0) is 14.2. The zero-order valence-corrected chi connectivity index (χ0v) is 11.9. The monoisotopic (exact) mass is 279 g/mol. The van der Waals surface area contributed by atoms with Gasteiger partial charge in [0.05, 0.1) is 10.9 Å². The summed E-state index contributed by atoms with van der Waals surface area (Å²) in [5.41, 5.74) is 1.67. The maximum atomic E-state index is 12.5. The van der Waals surface area contributed by atoms with Gasteiger partial charge >= 0.3 is 0 Å². The van der Waals surface area contributed by atoms with Gasteiger partial charge in [-0.15, -0.1) is 0 Å². The zero-order valence-electron chi connectivity index (χ0n) is 11.1. The van der Waals surface area contributed by atoms with Crippen LogP contribution in [0, 0.1) is 6.92 Å². The molecule has 1 unspecified atom stereocenters.